The summed E-state index contributed by atoms with van der Waals surface area (Å²) >= 11 is 0. The molecular formula is C17H17F3O2. The van der Waals surface area contributed by atoms with E-state index in [0.29, 0.717) is 5.56 Å². The molecule has 2 N–H and O–H groups in total. The maximum Gasteiger partial charge on any atom is 0.389 e. The molecular weight excluding hydrogens is 293 g/mol. The fourth-order valence-electron chi connectivity index (χ4n) is 2.56. The third-order valence-electron chi connectivity index (χ3n) is 3.80. The van der Waals surface area contributed by atoms with E-state index in [4.69, 9.17) is 0 Å². The minimum absolute atomic E-state index is 0.0202. The molecule has 0 amide bonds. The minimum atomic E-state index is -4.28. The Kier molecular flexibility index (Phi) is 4.64. The van der Waals surface area contributed by atoms with E-state index in [2.05, 4.69) is 0 Å². The number of hydrogen-bond acceptors (Lipinski definition) is 2. The molecule has 0 aliphatic heterocycles. The fraction of sp³-hybridized carbons (Fsp3) is 0.294. The van der Waals surface area contributed by atoms with Crippen molar-refractivity contribution in [2.24, 2.45) is 0 Å². The van der Waals surface area contributed by atoms with Crippen molar-refractivity contribution < 1.29 is 23.4 Å². The van der Waals surface area contributed by atoms with E-state index in [1.165, 1.54) is 36.4 Å². The van der Waals surface area contributed by atoms with E-state index in [1.807, 2.05) is 0 Å². The summed E-state index contributed by atoms with van der Waals surface area (Å²) in [6, 6.07) is 12.0. The van der Waals surface area contributed by atoms with Crippen molar-refractivity contribution in [1.29, 1.82) is 0 Å². The number of phenols is 2. The van der Waals surface area contributed by atoms with Crippen LogP contribution >= 0.6 is 0 Å². The largest absolute Gasteiger partial charge is 0.508 e. The molecule has 2 rings (SSSR count). The molecule has 0 saturated heterocycles. The molecule has 2 aromatic carbocycles. The van der Waals surface area contributed by atoms with Gasteiger partial charge in [-0.05, 0) is 47.2 Å². The van der Waals surface area contributed by atoms with Crippen LogP contribution < -0.4 is 0 Å². The Morgan fingerprint density at radius 2 is 1.23 bits per heavy atom. The lowest BCUT2D eigenvalue weighted by atomic mass is 9.80. The molecule has 2 atom stereocenters. The summed E-state index contributed by atoms with van der Waals surface area (Å²) in [5, 5.41) is 18.6. The summed E-state index contributed by atoms with van der Waals surface area (Å²) in [5.41, 5.74) is 1.25. The minimum Gasteiger partial charge on any atom is -0.508 e. The SMILES string of the molecule is C[C@H](c1ccc(O)cc1)[C@@H](CC(F)(F)F)c1ccc(O)cc1. The van der Waals surface area contributed by atoms with Crippen LogP contribution in [0.1, 0.15) is 36.3 Å². The lowest BCUT2D eigenvalue weighted by Gasteiger charge is -2.26. The predicted octanol–water partition coefficient (Wildman–Crippen LogP) is 4.94. The van der Waals surface area contributed by atoms with Crippen molar-refractivity contribution in [2.75, 3.05) is 0 Å². The summed E-state index contributed by atoms with van der Waals surface area (Å²) in [5.74, 6) is -1.04. The first-order valence-corrected chi connectivity index (χ1v) is 6.91. The van der Waals surface area contributed by atoms with Gasteiger partial charge in [0.15, 0.2) is 0 Å². The number of benzene rings is 2. The molecule has 118 valence electrons. The molecule has 2 aromatic rings. The molecule has 0 heterocycles. The lowest BCUT2D eigenvalue weighted by molar-refractivity contribution is -0.139. The van der Waals surface area contributed by atoms with Crippen LogP contribution in [0.4, 0.5) is 13.2 Å². The second-order valence-corrected chi connectivity index (χ2v) is 5.40. The molecule has 0 saturated carbocycles. The van der Waals surface area contributed by atoms with Crippen LogP contribution in [0.15, 0.2) is 48.5 Å². The third-order valence-corrected chi connectivity index (χ3v) is 3.80. The first kappa shape index (κ1) is 16.2. The summed E-state index contributed by atoms with van der Waals surface area (Å²) in [4.78, 5) is 0. The molecule has 0 aliphatic rings. The molecule has 0 aliphatic carbocycles. The normalized spacial score (nSPS) is 14.5. The average molecular weight is 310 g/mol. The van der Waals surface area contributed by atoms with E-state index < -0.39 is 18.5 Å². The van der Waals surface area contributed by atoms with Gasteiger partial charge in [0.05, 0.1) is 6.42 Å². The molecule has 5 heteroatoms. The van der Waals surface area contributed by atoms with Gasteiger partial charge in [0.2, 0.25) is 0 Å². The smallest absolute Gasteiger partial charge is 0.389 e. The van der Waals surface area contributed by atoms with E-state index >= 15 is 0 Å². The Hall–Kier alpha value is -2.17. The Balaban J connectivity index is 2.34. The number of aromatic hydroxyl groups is 2. The van der Waals surface area contributed by atoms with Gasteiger partial charge < -0.3 is 10.2 Å². The topological polar surface area (TPSA) is 40.5 Å². The highest BCUT2D eigenvalue weighted by Gasteiger charge is 2.35. The zero-order valence-corrected chi connectivity index (χ0v) is 12.0. The molecule has 0 bridgehead atoms. The molecule has 2 nitrogen and oxygen atoms in total. The van der Waals surface area contributed by atoms with Crippen molar-refractivity contribution >= 4 is 0 Å². The highest BCUT2D eigenvalue weighted by atomic mass is 19.4. The van der Waals surface area contributed by atoms with Crippen molar-refractivity contribution in [3.63, 3.8) is 0 Å². The van der Waals surface area contributed by atoms with Gasteiger partial charge >= 0.3 is 6.18 Å². The van der Waals surface area contributed by atoms with Crippen LogP contribution in [0.5, 0.6) is 11.5 Å². The lowest BCUT2D eigenvalue weighted by Crippen LogP contribution is -2.18. The zero-order valence-electron chi connectivity index (χ0n) is 12.0. The number of rotatable bonds is 4. The van der Waals surface area contributed by atoms with Gasteiger partial charge in [-0.3, -0.25) is 0 Å². The zero-order chi connectivity index (χ0) is 16.3. The van der Waals surface area contributed by atoms with Gasteiger partial charge in [0.25, 0.3) is 0 Å². The Morgan fingerprint density at radius 1 is 0.818 bits per heavy atom. The van der Waals surface area contributed by atoms with E-state index in [9.17, 15) is 23.4 Å². The summed E-state index contributed by atoms with van der Waals surface area (Å²) in [7, 11) is 0. The molecule has 0 aromatic heterocycles. The van der Waals surface area contributed by atoms with Gasteiger partial charge in [-0.2, -0.15) is 13.2 Å². The van der Waals surface area contributed by atoms with Gasteiger partial charge in [-0.1, -0.05) is 31.2 Å². The molecule has 0 unspecified atom stereocenters. The molecule has 0 fully saturated rings. The first-order valence-electron chi connectivity index (χ1n) is 6.91. The Bertz CT molecular complexity index is 603. The van der Waals surface area contributed by atoms with Crippen LogP contribution in [-0.4, -0.2) is 16.4 Å². The Labute approximate surface area is 126 Å². The van der Waals surface area contributed by atoms with Gasteiger partial charge in [-0.25, -0.2) is 0 Å². The second kappa shape index (κ2) is 6.30. The van der Waals surface area contributed by atoms with Crippen LogP contribution in [0.25, 0.3) is 0 Å². The fourth-order valence-corrected chi connectivity index (χ4v) is 2.56. The maximum atomic E-state index is 12.9. The molecule has 22 heavy (non-hydrogen) atoms. The van der Waals surface area contributed by atoms with Crippen LogP contribution in [0.3, 0.4) is 0 Å². The highest BCUT2D eigenvalue weighted by Crippen LogP contribution is 2.41. The quantitative estimate of drug-likeness (QED) is 0.840. The first-order chi connectivity index (χ1) is 10.3. The summed E-state index contributed by atoms with van der Waals surface area (Å²) in [6.45, 7) is 1.73. The van der Waals surface area contributed by atoms with E-state index in [0.717, 1.165) is 5.56 Å². The Morgan fingerprint density at radius 3 is 1.64 bits per heavy atom. The molecule has 0 radical (unpaired) electrons. The van der Waals surface area contributed by atoms with E-state index in [-0.39, 0.29) is 17.4 Å². The monoisotopic (exact) mass is 310 g/mol. The number of hydrogen-bond donors (Lipinski definition) is 2. The second-order valence-electron chi connectivity index (χ2n) is 5.40. The number of alkyl halides is 3. The van der Waals surface area contributed by atoms with Gasteiger partial charge in [0.1, 0.15) is 11.5 Å². The molecule has 0 spiro atoms. The van der Waals surface area contributed by atoms with E-state index in [1.54, 1.807) is 19.1 Å². The third kappa shape index (κ3) is 4.16. The summed E-state index contributed by atoms with van der Waals surface area (Å²) < 4.78 is 38.8. The van der Waals surface area contributed by atoms with Gasteiger partial charge in [0, 0.05) is 0 Å². The predicted molar refractivity (Wildman–Crippen MR) is 78.0 cm³/mol. The summed E-state index contributed by atoms with van der Waals surface area (Å²) in [6.07, 6.45) is -5.23. The van der Waals surface area contributed by atoms with Gasteiger partial charge in [-0.15, -0.1) is 0 Å². The van der Waals surface area contributed by atoms with Crippen LogP contribution in [-0.2, 0) is 0 Å². The van der Waals surface area contributed by atoms with Crippen molar-refractivity contribution in [1.82, 2.24) is 0 Å². The standard InChI is InChI=1S/C17H17F3O2/c1-11(12-2-6-14(21)7-3-12)16(10-17(18,19)20)13-4-8-15(22)9-5-13/h2-9,11,16,21-22H,10H2,1H3/t11-,16-/m1/s1. The van der Waals surface area contributed by atoms with Crippen molar-refractivity contribution in [3.8, 4) is 11.5 Å². The average Bonchev–Trinajstić information content (AvgIpc) is 2.45. The van der Waals surface area contributed by atoms with Crippen molar-refractivity contribution in [3.05, 3.63) is 59.7 Å². The number of phenolic OH excluding ortho intramolecular Hbond substituents is 2. The maximum absolute atomic E-state index is 12.9. The van der Waals surface area contributed by atoms with Crippen LogP contribution in [0.2, 0.25) is 0 Å². The highest BCUT2D eigenvalue weighted by molar-refractivity contribution is 5.34. The number of halogens is 3. The van der Waals surface area contributed by atoms with Crippen molar-refractivity contribution in [2.45, 2.75) is 31.4 Å². The van der Waals surface area contributed by atoms with Crippen LogP contribution in [0, 0.1) is 0 Å².